The van der Waals surface area contributed by atoms with Crippen molar-refractivity contribution in [3.05, 3.63) is 12.2 Å². The quantitative estimate of drug-likeness (QED) is 0.131. The Hall–Kier alpha value is -0.790. The Labute approximate surface area is 164 Å². The summed E-state index contributed by atoms with van der Waals surface area (Å²) in [4.78, 5) is 11.2. The van der Waals surface area contributed by atoms with E-state index in [2.05, 4.69) is 20.4 Å². The van der Waals surface area contributed by atoms with Crippen molar-refractivity contribution in [1.82, 2.24) is 0 Å². The first-order valence-corrected chi connectivity index (χ1v) is 11.4. The number of hydrogen-bond acceptors (Lipinski definition) is 2. The van der Waals surface area contributed by atoms with E-state index in [1.54, 1.807) is 6.92 Å². The summed E-state index contributed by atoms with van der Waals surface area (Å²) in [6, 6.07) is 0. The molecule has 0 amide bonds. The van der Waals surface area contributed by atoms with Crippen LogP contribution in [0.5, 0.6) is 0 Å². The molecule has 0 rings (SSSR count). The lowest BCUT2D eigenvalue weighted by molar-refractivity contribution is -0.139. The number of rotatable bonds is 19. The molecule has 0 heterocycles. The first-order chi connectivity index (χ1) is 12.6. The average Bonchev–Trinajstić information content (AvgIpc) is 2.63. The summed E-state index contributed by atoms with van der Waals surface area (Å²) in [6.07, 6.45) is 21.7. The molecule has 1 unspecified atom stereocenters. The molecule has 26 heavy (non-hydrogen) atoms. The van der Waals surface area contributed by atoms with Gasteiger partial charge in [-0.3, -0.25) is 0 Å². The lowest BCUT2D eigenvalue weighted by Crippen LogP contribution is -2.05. The fraction of sp³-hybridized carbons (Fsp3) is 0.875. The highest BCUT2D eigenvalue weighted by Gasteiger charge is 2.02. The molecule has 0 aliphatic heterocycles. The van der Waals surface area contributed by atoms with E-state index in [1.807, 2.05) is 0 Å². The van der Waals surface area contributed by atoms with E-state index < -0.39 is 0 Å². The molecule has 154 valence electrons. The second kappa shape index (κ2) is 19.0. The van der Waals surface area contributed by atoms with E-state index in [4.69, 9.17) is 4.74 Å². The second-order valence-corrected chi connectivity index (χ2v) is 8.17. The van der Waals surface area contributed by atoms with Gasteiger partial charge in [0.15, 0.2) is 0 Å². The summed E-state index contributed by atoms with van der Waals surface area (Å²) in [5.41, 5.74) is 0.492. The molecular weight excluding hydrogens is 320 g/mol. The van der Waals surface area contributed by atoms with E-state index >= 15 is 0 Å². The molecule has 0 aromatic heterocycles. The molecule has 0 aromatic carbocycles. The van der Waals surface area contributed by atoms with Crippen LogP contribution >= 0.6 is 0 Å². The van der Waals surface area contributed by atoms with E-state index in [-0.39, 0.29) is 5.97 Å². The van der Waals surface area contributed by atoms with Gasteiger partial charge in [0.25, 0.3) is 0 Å². The zero-order chi connectivity index (χ0) is 19.5. The predicted molar refractivity (Wildman–Crippen MR) is 114 cm³/mol. The minimum Gasteiger partial charge on any atom is -0.462 e. The van der Waals surface area contributed by atoms with Crippen LogP contribution in [-0.2, 0) is 9.53 Å². The van der Waals surface area contributed by atoms with E-state index in [0.717, 1.165) is 12.3 Å². The maximum absolute atomic E-state index is 11.2. The zero-order valence-electron chi connectivity index (χ0n) is 18.1. The first kappa shape index (κ1) is 25.2. The molecule has 0 spiro atoms. The molecular formula is C24H46O2. The Balaban J connectivity index is 3.09. The fourth-order valence-electron chi connectivity index (χ4n) is 3.21. The van der Waals surface area contributed by atoms with Gasteiger partial charge in [0.1, 0.15) is 0 Å². The van der Waals surface area contributed by atoms with Crippen molar-refractivity contribution >= 4 is 5.97 Å². The van der Waals surface area contributed by atoms with Crippen molar-refractivity contribution in [1.29, 1.82) is 0 Å². The van der Waals surface area contributed by atoms with Crippen molar-refractivity contribution in [3.63, 3.8) is 0 Å². The van der Waals surface area contributed by atoms with Gasteiger partial charge in [-0.1, -0.05) is 117 Å². The predicted octanol–water partition coefficient (Wildman–Crippen LogP) is 8.00. The molecule has 0 bridgehead atoms. The molecule has 0 aliphatic rings. The third-order valence-electron chi connectivity index (χ3n) is 5.37. The maximum Gasteiger partial charge on any atom is 0.333 e. The van der Waals surface area contributed by atoms with Crippen LogP contribution in [-0.4, -0.2) is 12.6 Å². The fourth-order valence-corrected chi connectivity index (χ4v) is 3.21. The monoisotopic (exact) mass is 366 g/mol. The highest BCUT2D eigenvalue weighted by atomic mass is 16.5. The van der Waals surface area contributed by atoms with Gasteiger partial charge in [0.2, 0.25) is 0 Å². The molecule has 0 aliphatic carbocycles. The highest BCUT2D eigenvalue weighted by Crippen LogP contribution is 2.15. The van der Waals surface area contributed by atoms with E-state index in [9.17, 15) is 4.79 Å². The maximum atomic E-state index is 11.2. The van der Waals surface area contributed by atoms with Crippen molar-refractivity contribution in [2.75, 3.05) is 6.61 Å². The third kappa shape index (κ3) is 18.0. The number of hydrogen-bond donors (Lipinski definition) is 0. The zero-order valence-corrected chi connectivity index (χ0v) is 18.1. The summed E-state index contributed by atoms with van der Waals surface area (Å²) in [7, 11) is 0. The molecule has 0 fully saturated rings. The molecule has 0 aromatic rings. The van der Waals surface area contributed by atoms with Gasteiger partial charge in [-0.25, -0.2) is 4.79 Å². The van der Waals surface area contributed by atoms with Gasteiger partial charge in [0.05, 0.1) is 6.61 Å². The smallest absolute Gasteiger partial charge is 0.333 e. The van der Waals surface area contributed by atoms with Crippen LogP contribution in [0.1, 0.15) is 124 Å². The minimum absolute atomic E-state index is 0.254. The summed E-state index contributed by atoms with van der Waals surface area (Å²) in [5.74, 6) is 0.671. The number of carbonyl (C=O) groups is 1. The first-order valence-electron chi connectivity index (χ1n) is 11.4. The Kier molecular flexibility index (Phi) is 18.4. The standard InChI is InChI=1S/C24H46O2/c1-5-23(4)20-18-16-14-12-10-8-6-7-9-11-13-15-17-19-21-26-24(25)22(2)3/h23H,2,5-21H2,1,3-4H3. The molecule has 0 N–H and O–H groups in total. The third-order valence-corrected chi connectivity index (χ3v) is 5.37. The van der Waals surface area contributed by atoms with Crippen molar-refractivity contribution in [2.24, 2.45) is 5.92 Å². The van der Waals surface area contributed by atoms with Gasteiger partial charge in [-0.05, 0) is 19.3 Å². The average molecular weight is 367 g/mol. The van der Waals surface area contributed by atoms with Gasteiger partial charge >= 0.3 is 5.97 Å². The molecule has 2 nitrogen and oxygen atoms in total. The van der Waals surface area contributed by atoms with Crippen LogP contribution in [0.3, 0.4) is 0 Å². The van der Waals surface area contributed by atoms with Crippen LogP contribution in [0.25, 0.3) is 0 Å². The topological polar surface area (TPSA) is 26.3 Å². The number of unbranched alkanes of at least 4 members (excludes halogenated alkanes) is 13. The normalized spacial score (nSPS) is 12.1. The van der Waals surface area contributed by atoms with Crippen molar-refractivity contribution < 1.29 is 9.53 Å². The summed E-state index contributed by atoms with van der Waals surface area (Å²) in [5, 5.41) is 0. The van der Waals surface area contributed by atoms with Gasteiger partial charge < -0.3 is 4.74 Å². The summed E-state index contributed by atoms with van der Waals surface area (Å²) >= 11 is 0. The van der Waals surface area contributed by atoms with Crippen LogP contribution in [0.2, 0.25) is 0 Å². The van der Waals surface area contributed by atoms with Gasteiger partial charge in [0, 0.05) is 5.57 Å². The SMILES string of the molecule is C=C(C)C(=O)OCCCCCCCCCCCCCCCCC(C)CC. The second-order valence-electron chi connectivity index (χ2n) is 8.17. The molecule has 0 radical (unpaired) electrons. The summed E-state index contributed by atoms with van der Waals surface area (Å²) in [6.45, 7) is 10.5. The Morgan fingerprint density at radius 1 is 0.769 bits per heavy atom. The molecule has 2 heteroatoms. The molecule has 1 atom stereocenters. The van der Waals surface area contributed by atoms with Crippen molar-refractivity contribution in [2.45, 2.75) is 124 Å². The highest BCUT2D eigenvalue weighted by molar-refractivity contribution is 5.86. The van der Waals surface area contributed by atoms with E-state index in [1.165, 1.54) is 96.3 Å². The van der Waals surface area contributed by atoms with Crippen LogP contribution < -0.4 is 0 Å². The summed E-state index contributed by atoms with van der Waals surface area (Å²) < 4.78 is 5.09. The van der Waals surface area contributed by atoms with E-state index in [0.29, 0.717) is 12.2 Å². The number of carbonyl (C=O) groups excluding carboxylic acids is 1. The molecule has 0 saturated carbocycles. The number of ether oxygens (including phenoxy) is 1. The lowest BCUT2D eigenvalue weighted by atomic mass is 9.99. The van der Waals surface area contributed by atoms with Gasteiger partial charge in [-0.15, -0.1) is 0 Å². The van der Waals surface area contributed by atoms with Crippen molar-refractivity contribution in [3.8, 4) is 0 Å². The Morgan fingerprint density at radius 2 is 1.15 bits per heavy atom. The largest absolute Gasteiger partial charge is 0.462 e. The minimum atomic E-state index is -0.254. The Bertz CT molecular complexity index is 335. The Morgan fingerprint density at radius 3 is 1.54 bits per heavy atom. The number of esters is 1. The van der Waals surface area contributed by atoms with Crippen LogP contribution in [0.4, 0.5) is 0 Å². The van der Waals surface area contributed by atoms with Crippen LogP contribution in [0, 0.1) is 5.92 Å². The lowest BCUT2D eigenvalue weighted by Gasteiger charge is -2.07. The van der Waals surface area contributed by atoms with Gasteiger partial charge in [-0.2, -0.15) is 0 Å². The molecule has 0 saturated heterocycles. The van der Waals surface area contributed by atoms with Crippen LogP contribution in [0.15, 0.2) is 12.2 Å².